The molecule has 0 saturated carbocycles. The zero-order valence-corrected chi connectivity index (χ0v) is 9.15. The molecule has 0 aliphatic carbocycles. The van der Waals surface area contributed by atoms with Gasteiger partial charge in [0.25, 0.3) is 0 Å². The van der Waals surface area contributed by atoms with Gasteiger partial charge >= 0.3 is 0 Å². The maximum Gasteiger partial charge on any atom is 0.126 e. The Morgan fingerprint density at radius 1 is 1.31 bits per heavy atom. The molecule has 1 aromatic heterocycles. The molecule has 0 radical (unpaired) electrons. The highest BCUT2D eigenvalue weighted by Gasteiger charge is 2.05. The van der Waals surface area contributed by atoms with E-state index in [1.165, 1.54) is 0 Å². The molecule has 0 fully saturated rings. The van der Waals surface area contributed by atoms with Crippen molar-refractivity contribution in [1.82, 2.24) is 4.57 Å². The van der Waals surface area contributed by atoms with Crippen molar-refractivity contribution in [3.63, 3.8) is 0 Å². The zero-order chi connectivity index (χ0) is 11.5. The van der Waals surface area contributed by atoms with E-state index in [0.29, 0.717) is 10.7 Å². The van der Waals surface area contributed by atoms with Gasteiger partial charge in [-0.1, -0.05) is 23.7 Å². The van der Waals surface area contributed by atoms with Crippen LogP contribution in [0.5, 0.6) is 0 Å². The van der Waals surface area contributed by atoms with Gasteiger partial charge in [0, 0.05) is 11.9 Å². The third-order valence-corrected chi connectivity index (χ3v) is 2.50. The van der Waals surface area contributed by atoms with Crippen molar-refractivity contribution in [1.29, 1.82) is 5.26 Å². The molecule has 0 aliphatic rings. The number of aromatic nitrogens is 1. The van der Waals surface area contributed by atoms with Crippen LogP contribution in [0.15, 0.2) is 36.5 Å². The third-order valence-electron chi connectivity index (χ3n) is 2.30. The number of benzene rings is 1. The number of rotatable bonds is 2. The first-order chi connectivity index (χ1) is 7.74. The summed E-state index contributed by atoms with van der Waals surface area (Å²) in [4.78, 5) is 0. The Balaban J connectivity index is 2.46. The van der Waals surface area contributed by atoms with E-state index in [4.69, 9.17) is 22.0 Å². The molecule has 0 bridgehead atoms. The summed E-state index contributed by atoms with van der Waals surface area (Å²) in [5.41, 5.74) is 2.17. The molecule has 0 saturated heterocycles. The quantitative estimate of drug-likeness (QED) is 0.865. The number of aliphatic hydroxyl groups is 1. The van der Waals surface area contributed by atoms with Crippen molar-refractivity contribution >= 4 is 11.6 Å². The van der Waals surface area contributed by atoms with Crippen molar-refractivity contribution in [3.05, 3.63) is 52.8 Å². The summed E-state index contributed by atoms with van der Waals surface area (Å²) in [6.45, 7) is 0.0117. The van der Waals surface area contributed by atoms with Gasteiger partial charge in [-0.05, 0) is 23.8 Å². The van der Waals surface area contributed by atoms with Crippen LogP contribution >= 0.6 is 11.6 Å². The summed E-state index contributed by atoms with van der Waals surface area (Å²) in [6, 6.07) is 11.0. The van der Waals surface area contributed by atoms with Gasteiger partial charge in [-0.3, -0.25) is 0 Å². The van der Waals surface area contributed by atoms with E-state index in [0.717, 1.165) is 11.3 Å². The summed E-state index contributed by atoms with van der Waals surface area (Å²) in [5, 5.41) is 18.4. The normalized spacial score (nSPS) is 10.1. The minimum atomic E-state index is 0.0117. The second-order valence-corrected chi connectivity index (χ2v) is 3.79. The van der Waals surface area contributed by atoms with E-state index in [9.17, 15) is 0 Å². The summed E-state index contributed by atoms with van der Waals surface area (Å²) >= 11 is 5.84. The summed E-state index contributed by atoms with van der Waals surface area (Å²) in [6.07, 6.45) is 1.69. The van der Waals surface area contributed by atoms with Gasteiger partial charge < -0.3 is 9.67 Å². The molecule has 1 heterocycles. The zero-order valence-electron chi connectivity index (χ0n) is 8.39. The molecule has 0 atom stereocenters. The Labute approximate surface area is 98.1 Å². The first-order valence-electron chi connectivity index (χ1n) is 4.73. The van der Waals surface area contributed by atoms with Crippen molar-refractivity contribution in [2.75, 3.05) is 0 Å². The van der Waals surface area contributed by atoms with Crippen LogP contribution in [-0.2, 0) is 6.61 Å². The second-order valence-electron chi connectivity index (χ2n) is 3.35. The molecule has 4 heteroatoms. The average Bonchev–Trinajstić information content (AvgIpc) is 2.70. The fourth-order valence-corrected chi connectivity index (χ4v) is 1.69. The lowest BCUT2D eigenvalue weighted by Gasteiger charge is -2.05. The first-order valence-corrected chi connectivity index (χ1v) is 5.10. The molecule has 0 spiro atoms. The Bertz CT molecular complexity index is 537. The van der Waals surface area contributed by atoms with Crippen LogP contribution in [0.3, 0.4) is 0 Å². The SMILES string of the molecule is N#Cc1cc(Cl)cn1-c1ccc(CO)cc1. The van der Waals surface area contributed by atoms with Crippen LogP contribution in [0.4, 0.5) is 0 Å². The topological polar surface area (TPSA) is 49.0 Å². The smallest absolute Gasteiger partial charge is 0.126 e. The number of aliphatic hydroxyl groups excluding tert-OH is 1. The predicted octanol–water partition coefficient (Wildman–Crippen LogP) is 2.49. The average molecular weight is 233 g/mol. The van der Waals surface area contributed by atoms with E-state index in [-0.39, 0.29) is 6.61 Å². The predicted molar refractivity (Wildman–Crippen MR) is 61.4 cm³/mol. The first kappa shape index (κ1) is 10.7. The molecule has 0 amide bonds. The highest BCUT2D eigenvalue weighted by Crippen LogP contribution is 2.19. The molecular formula is C12H9ClN2O. The lowest BCUT2D eigenvalue weighted by Crippen LogP contribution is -1.95. The molecule has 2 aromatic rings. The van der Waals surface area contributed by atoms with Crippen LogP contribution in [-0.4, -0.2) is 9.67 Å². The highest BCUT2D eigenvalue weighted by molar-refractivity contribution is 6.30. The van der Waals surface area contributed by atoms with Gasteiger partial charge in [0.1, 0.15) is 11.8 Å². The Kier molecular flexibility index (Phi) is 2.95. The van der Waals surface area contributed by atoms with E-state index in [1.807, 2.05) is 24.3 Å². The van der Waals surface area contributed by atoms with Crippen molar-refractivity contribution in [2.24, 2.45) is 0 Å². The van der Waals surface area contributed by atoms with E-state index in [1.54, 1.807) is 16.8 Å². The van der Waals surface area contributed by atoms with Crippen molar-refractivity contribution in [2.45, 2.75) is 6.61 Å². The second kappa shape index (κ2) is 4.40. The number of nitrogens with zero attached hydrogens (tertiary/aromatic N) is 2. The van der Waals surface area contributed by atoms with Gasteiger partial charge in [-0.2, -0.15) is 5.26 Å². The number of nitriles is 1. The summed E-state index contributed by atoms with van der Waals surface area (Å²) < 4.78 is 1.71. The maximum atomic E-state index is 8.92. The van der Waals surface area contributed by atoms with Crippen LogP contribution in [0, 0.1) is 11.3 Å². The maximum absolute atomic E-state index is 8.92. The van der Waals surface area contributed by atoms with E-state index >= 15 is 0 Å². The summed E-state index contributed by atoms with van der Waals surface area (Å²) in [5.74, 6) is 0. The highest BCUT2D eigenvalue weighted by atomic mass is 35.5. The van der Waals surface area contributed by atoms with Gasteiger partial charge in [0.2, 0.25) is 0 Å². The molecule has 0 unspecified atom stereocenters. The van der Waals surface area contributed by atoms with Crippen LogP contribution in [0.2, 0.25) is 5.02 Å². The molecule has 1 aromatic carbocycles. The van der Waals surface area contributed by atoms with Crippen molar-refractivity contribution < 1.29 is 5.11 Å². The van der Waals surface area contributed by atoms with E-state index < -0.39 is 0 Å². The summed E-state index contributed by atoms with van der Waals surface area (Å²) in [7, 11) is 0. The Hall–Kier alpha value is -1.76. The largest absolute Gasteiger partial charge is 0.392 e. The number of hydrogen-bond donors (Lipinski definition) is 1. The molecule has 80 valence electrons. The van der Waals surface area contributed by atoms with Gasteiger partial charge in [0.05, 0.1) is 11.6 Å². The number of halogens is 1. The standard InChI is InChI=1S/C12H9ClN2O/c13-10-5-12(6-14)15(7-10)11-3-1-9(8-16)2-4-11/h1-5,7,16H,8H2. The lowest BCUT2D eigenvalue weighted by atomic mass is 10.2. The third kappa shape index (κ3) is 1.94. The molecule has 0 aliphatic heterocycles. The van der Waals surface area contributed by atoms with Crippen LogP contribution in [0.1, 0.15) is 11.3 Å². The van der Waals surface area contributed by atoms with Gasteiger partial charge in [-0.15, -0.1) is 0 Å². The van der Waals surface area contributed by atoms with Crippen molar-refractivity contribution in [3.8, 4) is 11.8 Å². The molecule has 1 N–H and O–H groups in total. The van der Waals surface area contributed by atoms with Crippen LogP contribution < -0.4 is 0 Å². The van der Waals surface area contributed by atoms with E-state index in [2.05, 4.69) is 6.07 Å². The minimum Gasteiger partial charge on any atom is -0.392 e. The Morgan fingerprint density at radius 3 is 2.56 bits per heavy atom. The van der Waals surface area contributed by atoms with Gasteiger partial charge in [0.15, 0.2) is 0 Å². The fourth-order valence-electron chi connectivity index (χ4n) is 1.49. The Morgan fingerprint density at radius 2 is 2.00 bits per heavy atom. The molecule has 16 heavy (non-hydrogen) atoms. The molecular weight excluding hydrogens is 224 g/mol. The lowest BCUT2D eigenvalue weighted by molar-refractivity contribution is 0.282. The monoisotopic (exact) mass is 232 g/mol. The number of hydrogen-bond acceptors (Lipinski definition) is 2. The van der Waals surface area contributed by atoms with Gasteiger partial charge in [-0.25, -0.2) is 0 Å². The minimum absolute atomic E-state index is 0.0117. The molecule has 2 rings (SSSR count). The fraction of sp³-hybridized carbons (Fsp3) is 0.0833. The van der Waals surface area contributed by atoms with Crippen LogP contribution in [0.25, 0.3) is 5.69 Å². The molecule has 3 nitrogen and oxygen atoms in total.